The molecule has 0 saturated carbocycles. The number of aldehydes is 1. The summed E-state index contributed by atoms with van der Waals surface area (Å²) < 4.78 is 0. The fraction of sp³-hybridized carbons (Fsp3) is 0.867. The van der Waals surface area contributed by atoms with Crippen LogP contribution >= 0.6 is 0 Å². The summed E-state index contributed by atoms with van der Waals surface area (Å²) in [6.07, 6.45) is 4.11. The summed E-state index contributed by atoms with van der Waals surface area (Å²) >= 11 is 0. The SMILES string of the molecule is CC1CC(C)CN(C(=O)CN2CCC(C=O)CC2)C1. The highest BCUT2D eigenvalue weighted by molar-refractivity contribution is 5.78. The van der Waals surface area contributed by atoms with Crippen LogP contribution in [0.3, 0.4) is 0 Å². The summed E-state index contributed by atoms with van der Waals surface area (Å²) in [6, 6.07) is 0. The Morgan fingerprint density at radius 1 is 1.16 bits per heavy atom. The van der Waals surface area contributed by atoms with E-state index in [0.29, 0.717) is 18.4 Å². The second kappa shape index (κ2) is 6.51. The Morgan fingerprint density at radius 2 is 1.74 bits per heavy atom. The summed E-state index contributed by atoms with van der Waals surface area (Å²) in [4.78, 5) is 27.3. The predicted octanol–water partition coefficient (Wildman–Crippen LogP) is 1.40. The maximum atomic E-state index is 12.3. The lowest BCUT2D eigenvalue weighted by atomic mass is 9.92. The topological polar surface area (TPSA) is 40.6 Å². The Bertz CT molecular complexity index is 314. The minimum Gasteiger partial charge on any atom is -0.341 e. The fourth-order valence-corrected chi connectivity index (χ4v) is 3.40. The van der Waals surface area contributed by atoms with Gasteiger partial charge in [0.1, 0.15) is 6.29 Å². The Hall–Kier alpha value is -0.900. The standard InChI is InChI=1S/C15H26N2O2/c1-12-7-13(2)9-17(8-12)15(19)10-16-5-3-14(11-18)4-6-16/h11-14H,3-10H2,1-2H3. The van der Waals surface area contributed by atoms with Crippen molar-refractivity contribution in [2.45, 2.75) is 33.1 Å². The molecule has 2 aliphatic rings. The van der Waals surface area contributed by atoms with Gasteiger partial charge in [-0.25, -0.2) is 0 Å². The van der Waals surface area contributed by atoms with Crippen LogP contribution in [0.4, 0.5) is 0 Å². The van der Waals surface area contributed by atoms with Gasteiger partial charge in [-0.1, -0.05) is 13.8 Å². The molecule has 0 aromatic heterocycles. The Morgan fingerprint density at radius 3 is 2.26 bits per heavy atom. The van der Waals surface area contributed by atoms with Crippen molar-refractivity contribution < 1.29 is 9.59 Å². The molecule has 108 valence electrons. The molecular weight excluding hydrogens is 240 g/mol. The first-order chi connectivity index (χ1) is 9.08. The number of hydrogen-bond acceptors (Lipinski definition) is 3. The number of amides is 1. The molecule has 2 aliphatic heterocycles. The van der Waals surface area contributed by atoms with E-state index >= 15 is 0 Å². The largest absolute Gasteiger partial charge is 0.341 e. The smallest absolute Gasteiger partial charge is 0.236 e. The summed E-state index contributed by atoms with van der Waals surface area (Å²) in [5.74, 6) is 1.71. The minimum absolute atomic E-state index is 0.210. The lowest BCUT2D eigenvalue weighted by Crippen LogP contribution is -2.48. The van der Waals surface area contributed by atoms with Crippen LogP contribution in [0, 0.1) is 17.8 Å². The van der Waals surface area contributed by atoms with Crippen molar-refractivity contribution in [2.75, 3.05) is 32.7 Å². The van der Waals surface area contributed by atoms with E-state index in [1.54, 1.807) is 0 Å². The van der Waals surface area contributed by atoms with Gasteiger partial charge in [0.05, 0.1) is 6.54 Å². The van der Waals surface area contributed by atoms with Crippen LogP contribution in [0.25, 0.3) is 0 Å². The van der Waals surface area contributed by atoms with Gasteiger partial charge < -0.3 is 9.69 Å². The first-order valence-electron chi connectivity index (χ1n) is 7.54. The van der Waals surface area contributed by atoms with Crippen LogP contribution in [-0.4, -0.2) is 54.7 Å². The van der Waals surface area contributed by atoms with Gasteiger partial charge >= 0.3 is 0 Å². The lowest BCUT2D eigenvalue weighted by molar-refractivity contribution is -0.135. The molecule has 19 heavy (non-hydrogen) atoms. The quantitative estimate of drug-likeness (QED) is 0.725. The van der Waals surface area contributed by atoms with Gasteiger partial charge in [0.15, 0.2) is 0 Å². The Balaban J connectivity index is 1.79. The van der Waals surface area contributed by atoms with E-state index in [0.717, 1.165) is 45.3 Å². The first kappa shape index (κ1) is 14.5. The zero-order valence-corrected chi connectivity index (χ0v) is 12.2. The summed E-state index contributed by atoms with van der Waals surface area (Å²) in [7, 11) is 0. The number of piperidine rings is 2. The van der Waals surface area contributed by atoms with Gasteiger partial charge in [0, 0.05) is 19.0 Å². The third-order valence-electron chi connectivity index (χ3n) is 4.41. The van der Waals surface area contributed by atoms with Gasteiger partial charge in [0.2, 0.25) is 5.91 Å². The Kier molecular flexibility index (Phi) is 4.97. The highest BCUT2D eigenvalue weighted by Gasteiger charge is 2.27. The maximum absolute atomic E-state index is 12.3. The van der Waals surface area contributed by atoms with Gasteiger partial charge in [0.25, 0.3) is 0 Å². The zero-order chi connectivity index (χ0) is 13.8. The van der Waals surface area contributed by atoms with E-state index in [1.807, 2.05) is 4.90 Å². The number of rotatable bonds is 3. The van der Waals surface area contributed by atoms with Crippen LogP contribution in [0.15, 0.2) is 0 Å². The molecule has 0 bridgehead atoms. The highest BCUT2D eigenvalue weighted by Crippen LogP contribution is 2.21. The van der Waals surface area contributed by atoms with Gasteiger partial charge in [-0.15, -0.1) is 0 Å². The monoisotopic (exact) mass is 266 g/mol. The molecule has 0 N–H and O–H groups in total. The summed E-state index contributed by atoms with van der Waals surface area (Å²) in [5.41, 5.74) is 0. The second-order valence-corrected chi connectivity index (χ2v) is 6.49. The number of carbonyl (C=O) groups excluding carboxylic acids is 2. The lowest BCUT2D eigenvalue weighted by Gasteiger charge is -2.37. The van der Waals surface area contributed by atoms with Gasteiger partial charge in [-0.05, 0) is 44.2 Å². The third kappa shape index (κ3) is 4.03. The molecule has 0 aromatic rings. The van der Waals surface area contributed by atoms with E-state index < -0.39 is 0 Å². The van der Waals surface area contributed by atoms with Crippen molar-refractivity contribution >= 4 is 12.2 Å². The molecular formula is C15H26N2O2. The average Bonchev–Trinajstić information content (AvgIpc) is 2.38. The van der Waals surface area contributed by atoms with E-state index in [1.165, 1.54) is 6.42 Å². The van der Waals surface area contributed by atoms with Crippen molar-refractivity contribution in [3.8, 4) is 0 Å². The molecule has 4 heteroatoms. The molecule has 2 fully saturated rings. The van der Waals surface area contributed by atoms with Crippen LogP contribution in [0.1, 0.15) is 33.1 Å². The molecule has 1 amide bonds. The van der Waals surface area contributed by atoms with E-state index in [9.17, 15) is 9.59 Å². The predicted molar refractivity (Wildman–Crippen MR) is 74.8 cm³/mol. The highest BCUT2D eigenvalue weighted by atomic mass is 16.2. The normalized spacial score (nSPS) is 30.3. The van der Waals surface area contributed by atoms with E-state index in [4.69, 9.17) is 0 Å². The molecule has 0 radical (unpaired) electrons. The average molecular weight is 266 g/mol. The Labute approximate surface area is 116 Å². The number of nitrogens with zero attached hydrogens (tertiary/aromatic N) is 2. The molecule has 2 rings (SSSR count). The number of likely N-dealkylation sites (tertiary alicyclic amines) is 2. The van der Waals surface area contributed by atoms with Crippen molar-refractivity contribution in [2.24, 2.45) is 17.8 Å². The van der Waals surface area contributed by atoms with Crippen LogP contribution in [0.5, 0.6) is 0 Å². The van der Waals surface area contributed by atoms with Crippen LogP contribution in [0.2, 0.25) is 0 Å². The third-order valence-corrected chi connectivity index (χ3v) is 4.41. The van der Waals surface area contributed by atoms with Crippen molar-refractivity contribution in [1.82, 2.24) is 9.80 Å². The molecule has 0 spiro atoms. The zero-order valence-electron chi connectivity index (χ0n) is 12.2. The molecule has 2 atom stereocenters. The van der Waals surface area contributed by atoms with Gasteiger partial charge in [-0.2, -0.15) is 0 Å². The van der Waals surface area contributed by atoms with Crippen molar-refractivity contribution in [1.29, 1.82) is 0 Å². The van der Waals surface area contributed by atoms with Crippen molar-refractivity contribution in [3.05, 3.63) is 0 Å². The maximum Gasteiger partial charge on any atom is 0.236 e. The summed E-state index contributed by atoms with van der Waals surface area (Å²) in [5, 5.41) is 0. The van der Waals surface area contributed by atoms with Crippen LogP contribution < -0.4 is 0 Å². The summed E-state index contributed by atoms with van der Waals surface area (Å²) in [6.45, 7) is 8.58. The first-order valence-corrected chi connectivity index (χ1v) is 7.54. The molecule has 2 saturated heterocycles. The molecule has 2 unspecified atom stereocenters. The number of hydrogen-bond donors (Lipinski definition) is 0. The molecule has 2 heterocycles. The van der Waals surface area contributed by atoms with Crippen LogP contribution in [-0.2, 0) is 9.59 Å². The number of carbonyl (C=O) groups is 2. The molecule has 4 nitrogen and oxygen atoms in total. The van der Waals surface area contributed by atoms with E-state index in [2.05, 4.69) is 18.7 Å². The fourth-order valence-electron chi connectivity index (χ4n) is 3.40. The minimum atomic E-state index is 0.210. The molecule has 0 aliphatic carbocycles. The van der Waals surface area contributed by atoms with Gasteiger partial charge in [-0.3, -0.25) is 9.69 Å². The van der Waals surface area contributed by atoms with Crippen molar-refractivity contribution in [3.63, 3.8) is 0 Å². The molecule has 0 aromatic carbocycles. The second-order valence-electron chi connectivity index (χ2n) is 6.49. The van der Waals surface area contributed by atoms with E-state index in [-0.39, 0.29) is 11.8 Å².